The molecule has 3 heteroatoms. The molecule has 0 bridgehead atoms. The summed E-state index contributed by atoms with van der Waals surface area (Å²) in [5, 5.41) is 3.08. The third-order valence-electron chi connectivity index (χ3n) is 3.42. The maximum Gasteiger partial charge on any atom is 0.251 e. The van der Waals surface area contributed by atoms with Crippen LogP contribution in [0.1, 0.15) is 42.6 Å². The minimum absolute atomic E-state index is 0.0306. The summed E-state index contributed by atoms with van der Waals surface area (Å²) in [5.41, 5.74) is 2.04. The van der Waals surface area contributed by atoms with Crippen LogP contribution in [0.4, 0.5) is 0 Å². The quantitative estimate of drug-likeness (QED) is 0.905. The van der Waals surface area contributed by atoms with Gasteiger partial charge >= 0.3 is 0 Å². The molecule has 0 saturated carbocycles. The predicted molar refractivity (Wildman–Crippen MR) is 76.3 cm³/mol. The summed E-state index contributed by atoms with van der Waals surface area (Å²) >= 11 is 0. The first-order chi connectivity index (χ1) is 9.15. The molecular weight excluding hydrogens is 238 g/mol. The Hall–Kier alpha value is -1.35. The molecule has 1 N–H and O–H groups in total. The van der Waals surface area contributed by atoms with E-state index in [1.807, 2.05) is 12.1 Å². The van der Waals surface area contributed by atoms with Gasteiger partial charge in [0.25, 0.3) is 5.91 Å². The van der Waals surface area contributed by atoms with Crippen molar-refractivity contribution in [2.24, 2.45) is 5.92 Å². The first kappa shape index (κ1) is 14.1. The summed E-state index contributed by atoms with van der Waals surface area (Å²) in [4.78, 5) is 12.1. The van der Waals surface area contributed by atoms with Gasteiger partial charge < -0.3 is 10.1 Å². The second-order valence-corrected chi connectivity index (χ2v) is 5.66. The van der Waals surface area contributed by atoms with Gasteiger partial charge in [0.15, 0.2) is 0 Å². The highest BCUT2D eigenvalue weighted by molar-refractivity contribution is 5.94. The van der Waals surface area contributed by atoms with Crippen LogP contribution in [0.25, 0.3) is 0 Å². The van der Waals surface area contributed by atoms with E-state index < -0.39 is 0 Å². The van der Waals surface area contributed by atoms with Crippen molar-refractivity contribution in [3.05, 3.63) is 35.4 Å². The predicted octanol–water partition coefficient (Wildman–Crippen LogP) is 2.79. The molecule has 3 nitrogen and oxygen atoms in total. The number of rotatable bonds is 4. The lowest BCUT2D eigenvalue weighted by Gasteiger charge is -2.23. The van der Waals surface area contributed by atoms with E-state index in [0.29, 0.717) is 5.92 Å². The summed E-state index contributed by atoms with van der Waals surface area (Å²) in [5.74, 6) is 0.671. The maximum absolute atomic E-state index is 12.1. The lowest BCUT2D eigenvalue weighted by Crippen LogP contribution is -2.38. The molecular formula is C16H23NO2. The number of amides is 1. The molecule has 1 fully saturated rings. The summed E-state index contributed by atoms with van der Waals surface area (Å²) < 4.78 is 5.29. The Bertz CT molecular complexity index is 405. The molecule has 0 atom stereocenters. The Morgan fingerprint density at radius 1 is 1.26 bits per heavy atom. The molecule has 1 aliphatic heterocycles. The molecule has 104 valence electrons. The standard InChI is InChI=1S/C16H23NO2/c1-12(2)11-13-3-5-14(6-4-13)16(18)17-15-7-9-19-10-8-15/h3-6,12,15H,7-11H2,1-2H3,(H,17,18). The van der Waals surface area contributed by atoms with E-state index >= 15 is 0 Å². The molecule has 0 aromatic heterocycles. The molecule has 1 amide bonds. The van der Waals surface area contributed by atoms with E-state index in [0.717, 1.165) is 38.0 Å². The summed E-state index contributed by atoms with van der Waals surface area (Å²) in [6.07, 6.45) is 2.89. The van der Waals surface area contributed by atoms with Gasteiger partial charge in [0.05, 0.1) is 0 Å². The molecule has 1 aliphatic rings. The number of carbonyl (C=O) groups is 1. The van der Waals surface area contributed by atoms with Crippen molar-refractivity contribution in [3.8, 4) is 0 Å². The summed E-state index contributed by atoms with van der Waals surface area (Å²) in [7, 11) is 0. The monoisotopic (exact) mass is 261 g/mol. The van der Waals surface area contributed by atoms with E-state index in [9.17, 15) is 4.79 Å². The molecule has 0 spiro atoms. The van der Waals surface area contributed by atoms with Crippen molar-refractivity contribution >= 4 is 5.91 Å². The van der Waals surface area contributed by atoms with Gasteiger partial charge in [0, 0.05) is 24.8 Å². The molecule has 2 rings (SSSR count). The number of carbonyl (C=O) groups excluding carboxylic acids is 1. The lowest BCUT2D eigenvalue weighted by molar-refractivity contribution is 0.0696. The Morgan fingerprint density at radius 2 is 1.89 bits per heavy atom. The van der Waals surface area contributed by atoms with Gasteiger partial charge in [-0.05, 0) is 42.9 Å². The molecule has 0 unspecified atom stereocenters. The molecule has 1 aromatic rings. The average Bonchev–Trinajstić information content (AvgIpc) is 2.40. The van der Waals surface area contributed by atoms with E-state index in [1.165, 1.54) is 5.56 Å². The van der Waals surface area contributed by atoms with E-state index in [2.05, 4.69) is 31.3 Å². The Morgan fingerprint density at radius 3 is 2.47 bits per heavy atom. The largest absolute Gasteiger partial charge is 0.381 e. The van der Waals surface area contributed by atoms with Crippen molar-refractivity contribution in [2.45, 2.75) is 39.2 Å². The van der Waals surface area contributed by atoms with Gasteiger partial charge in [-0.3, -0.25) is 4.79 Å². The van der Waals surface area contributed by atoms with Crippen molar-refractivity contribution in [2.75, 3.05) is 13.2 Å². The SMILES string of the molecule is CC(C)Cc1ccc(C(=O)NC2CCOCC2)cc1. The van der Waals surface area contributed by atoms with Crippen LogP contribution in [0.2, 0.25) is 0 Å². The van der Waals surface area contributed by atoms with Gasteiger partial charge in [-0.1, -0.05) is 26.0 Å². The Kier molecular flexibility index (Phi) is 4.97. The number of nitrogens with one attached hydrogen (secondary N) is 1. The second-order valence-electron chi connectivity index (χ2n) is 5.66. The van der Waals surface area contributed by atoms with Gasteiger partial charge in [-0.2, -0.15) is 0 Å². The molecule has 0 aliphatic carbocycles. The number of hydrogen-bond acceptors (Lipinski definition) is 2. The number of benzene rings is 1. The minimum atomic E-state index is 0.0306. The fraction of sp³-hybridized carbons (Fsp3) is 0.562. The zero-order valence-corrected chi connectivity index (χ0v) is 11.8. The third kappa shape index (κ3) is 4.35. The zero-order valence-electron chi connectivity index (χ0n) is 11.8. The van der Waals surface area contributed by atoms with Gasteiger partial charge in [-0.25, -0.2) is 0 Å². The van der Waals surface area contributed by atoms with E-state index in [4.69, 9.17) is 4.74 Å². The van der Waals surface area contributed by atoms with Gasteiger partial charge in [0.2, 0.25) is 0 Å². The van der Waals surface area contributed by atoms with E-state index in [-0.39, 0.29) is 11.9 Å². The van der Waals surface area contributed by atoms with Crippen molar-refractivity contribution in [1.29, 1.82) is 0 Å². The van der Waals surface area contributed by atoms with Crippen LogP contribution >= 0.6 is 0 Å². The maximum atomic E-state index is 12.1. The Labute approximate surface area is 115 Å². The number of ether oxygens (including phenoxy) is 1. The smallest absolute Gasteiger partial charge is 0.251 e. The fourth-order valence-corrected chi connectivity index (χ4v) is 2.37. The summed E-state index contributed by atoms with van der Waals surface area (Å²) in [6.45, 7) is 5.90. The minimum Gasteiger partial charge on any atom is -0.381 e. The highest BCUT2D eigenvalue weighted by Crippen LogP contribution is 2.11. The molecule has 19 heavy (non-hydrogen) atoms. The molecule has 0 radical (unpaired) electrons. The van der Waals surface area contributed by atoms with Crippen LogP contribution in [0.15, 0.2) is 24.3 Å². The van der Waals surface area contributed by atoms with Crippen LogP contribution in [-0.4, -0.2) is 25.2 Å². The van der Waals surface area contributed by atoms with Gasteiger partial charge in [0.1, 0.15) is 0 Å². The highest BCUT2D eigenvalue weighted by Gasteiger charge is 2.16. The van der Waals surface area contributed by atoms with Gasteiger partial charge in [-0.15, -0.1) is 0 Å². The molecule has 1 heterocycles. The van der Waals surface area contributed by atoms with Crippen LogP contribution in [0, 0.1) is 5.92 Å². The van der Waals surface area contributed by atoms with Crippen LogP contribution in [-0.2, 0) is 11.2 Å². The first-order valence-electron chi connectivity index (χ1n) is 7.12. The van der Waals surface area contributed by atoms with Crippen molar-refractivity contribution in [1.82, 2.24) is 5.32 Å². The molecule has 1 aromatic carbocycles. The van der Waals surface area contributed by atoms with Crippen molar-refractivity contribution < 1.29 is 9.53 Å². The first-order valence-corrected chi connectivity index (χ1v) is 7.12. The topological polar surface area (TPSA) is 38.3 Å². The van der Waals surface area contributed by atoms with E-state index in [1.54, 1.807) is 0 Å². The zero-order chi connectivity index (χ0) is 13.7. The molecule has 1 saturated heterocycles. The number of hydrogen-bond donors (Lipinski definition) is 1. The second kappa shape index (κ2) is 6.71. The van der Waals surface area contributed by atoms with Crippen LogP contribution < -0.4 is 5.32 Å². The van der Waals surface area contributed by atoms with Crippen LogP contribution in [0.3, 0.4) is 0 Å². The van der Waals surface area contributed by atoms with Crippen molar-refractivity contribution in [3.63, 3.8) is 0 Å². The Balaban J connectivity index is 1.91. The van der Waals surface area contributed by atoms with Crippen LogP contribution in [0.5, 0.6) is 0 Å². The lowest BCUT2D eigenvalue weighted by atomic mass is 10.0. The normalized spacial score (nSPS) is 16.6. The fourth-order valence-electron chi connectivity index (χ4n) is 2.37. The highest BCUT2D eigenvalue weighted by atomic mass is 16.5. The summed E-state index contributed by atoms with van der Waals surface area (Å²) in [6, 6.07) is 8.22. The third-order valence-corrected chi connectivity index (χ3v) is 3.42. The average molecular weight is 261 g/mol.